The van der Waals surface area contributed by atoms with E-state index in [1.165, 1.54) is 12.4 Å². The second-order valence-corrected chi connectivity index (χ2v) is 5.44. The van der Waals surface area contributed by atoms with Crippen LogP contribution in [0, 0.1) is 0 Å². The Labute approximate surface area is 106 Å². The predicted molar refractivity (Wildman–Crippen MR) is 57.0 cm³/mol. The fourth-order valence-electron chi connectivity index (χ4n) is 1.06. The van der Waals surface area contributed by atoms with Crippen LogP contribution in [0.25, 0.3) is 0 Å². The van der Waals surface area contributed by atoms with Crippen LogP contribution in [0.2, 0.25) is 0 Å². The van der Waals surface area contributed by atoms with E-state index >= 15 is 0 Å². The molecule has 0 amide bonds. The fourth-order valence-corrected chi connectivity index (χ4v) is 2.05. The number of phosphoric ester groups is 2. The van der Waals surface area contributed by atoms with Crippen LogP contribution in [0.4, 0.5) is 0 Å². The van der Waals surface area contributed by atoms with E-state index in [-0.39, 0.29) is 5.48 Å². The van der Waals surface area contributed by atoms with Crippen LogP contribution in [0.5, 0.6) is 0 Å². The summed E-state index contributed by atoms with van der Waals surface area (Å²) < 4.78 is 29.9. The Bertz CT molecular complexity index is 452. The first-order valence-electron chi connectivity index (χ1n) is 4.20. The monoisotopic (exact) mass is 322 g/mol. The Morgan fingerprint density at radius 2 is 1.63 bits per heavy atom. The Kier molecular flexibility index (Phi) is 5.99. The van der Waals surface area contributed by atoms with Crippen molar-refractivity contribution in [3.8, 4) is 0 Å². The van der Waals surface area contributed by atoms with Gasteiger partial charge in [0.15, 0.2) is 0 Å². The minimum atomic E-state index is -5.24. The lowest BCUT2D eigenvalue weighted by atomic mass is 10.5. The molecule has 0 atom stereocenters. The largest absolute Gasteiger partial charge is 0.474 e. The molecule has 1 heterocycles. The Morgan fingerprint density at radius 1 is 1.16 bits per heavy atom. The maximum Gasteiger partial charge on any atom is 0.474 e. The summed E-state index contributed by atoms with van der Waals surface area (Å²) in [6, 6.07) is 0. The number of hydrogen-bond donors (Lipinski definition) is 5. The standard InChI is InChI=1S/C5H10N2O9P2.H2O/c8-5(15-17(9,10)11,16-18(12,13)14)3-7-2-1-6-4-7;/h1-2,4,8H,3H2,(H2,9,10,11)(H2,12,13,14);1H2. The van der Waals surface area contributed by atoms with Gasteiger partial charge in [0.25, 0.3) is 0 Å². The molecule has 0 aliphatic rings. The number of hydrogen-bond acceptors (Lipinski definition) is 6. The van der Waals surface area contributed by atoms with Crippen LogP contribution >= 0.6 is 15.6 Å². The second kappa shape index (κ2) is 6.20. The molecule has 0 bridgehead atoms. The quantitative estimate of drug-likeness (QED) is 0.285. The number of phosphoric acid groups is 2. The number of rotatable bonds is 6. The van der Waals surface area contributed by atoms with Crippen LogP contribution in [-0.4, -0.2) is 45.7 Å². The van der Waals surface area contributed by atoms with Crippen molar-refractivity contribution in [2.75, 3.05) is 0 Å². The fraction of sp³-hybridized carbons (Fsp3) is 0.400. The van der Waals surface area contributed by atoms with Gasteiger partial charge in [0.1, 0.15) is 6.54 Å². The van der Waals surface area contributed by atoms with Gasteiger partial charge in [-0.2, -0.15) is 0 Å². The molecule has 12 nitrogen and oxygen atoms in total. The van der Waals surface area contributed by atoms with Crippen molar-refractivity contribution in [3.05, 3.63) is 18.7 Å². The summed E-state index contributed by atoms with van der Waals surface area (Å²) in [5.74, 6) is -3.21. The molecule has 1 aromatic heterocycles. The van der Waals surface area contributed by atoms with Crippen LogP contribution in [-0.2, 0) is 24.7 Å². The molecule has 0 saturated carbocycles. The molecular weight excluding hydrogens is 310 g/mol. The lowest BCUT2D eigenvalue weighted by molar-refractivity contribution is -0.293. The van der Waals surface area contributed by atoms with Crippen molar-refractivity contribution in [3.63, 3.8) is 0 Å². The van der Waals surface area contributed by atoms with E-state index in [2.05, 4.69) is 14.0 Å². The first kappa shape index (κ1) is 18.4. The van der Waals surface area contributed by atoms with Crippen molar-refractivity contribution >= 4 is 15.6 Å². The molecule has 0 aliphatic heterocycles. The molecule has 19 heavy (non-hydrogen) atoms. The van der Waals surface area contributed by atoms with E-state index in [9.17, 15) is 14.2 Å². The second-order valence-electron chi connectivity index (χ2n) is 3.11. The molecule has 0 radical (unpaired) electrons. The molecule has 1 aromatic rings. The highest BCUT2D eigenvalue weighted by molar-refractivity contribution is 7.47. The zero-order valence-electron chi connectivity index (χ0n) is 9.10. The van der Waals surface area contributed by atoms with Crippen molar-refractivity contribution in [1.29, 1.82) is 0 Å². The van der Waals surface area contributed by atoms with E-state index in [1.54, 1.807) is 0 Å². The highest BCUT2D eigenvalue weighted by Gasteiger charge is 2.43. The summed E-state index contributed by atoms with van der Waals surface area (Å²) in [4.78, 5) is 37.8. The summed E-state index contributed by atoms with van der Waals surface area (Å²) >= 11 is 0. The zero-order valence-corrected chi connectivity index (χ0v) is 10.9. The SMILES string of the molecule is O.O=P(O)(O)OC(O)(Cn1ccnc1)OP(=O)(O)O. The van der Waals surface area contributed by atoms with E-state index in [0.29, 0.717) is 0 Å². The van der Waals surface area contributed by atoms with Crippen LogP contribution < -0.4 is 0 Å². The minimum absolute atomic E-state index is 0. The molecule has 0 fully saturated rings. The van der Waals surface area contributed by atoms with Gasteiger partial charge in [0, 0.05) is 12.4 Å². The highest BCUT2D eigenvalue weighted by Crippen LogP contribution is 2.48. The van der Waals surface area contributed by atoms with Crippen molar-refractivity contribution in [2.45, 2.75) is 12.5 Å². The molecule has 7 N–H and O–H groups in total. The molecule has 14 heteroatoms. The third-order valence-corrected chi connectivity index (χ3v) is 2.51. The van der Waals surface area contributed by atoms with Crippen LogP contribution in [0.15, 0.2) is 18.7 Å². The number of aliphatic hydroxyl groups is 1. The third-order valence-electron chi connectivity index (χ3n) is 1.46. The Morgan fingerprint density at radius 3 is 1.95 bits per heavy atom. The average molecular weight is 322 g/mol. The number of imidazole rings is 1. The molecule has 0 spiro atoms. The number of aromatic nitrogens is 2. The zero-order chi connectivity index (χ0) is 14.0. The minimum Gasteiger partial charge on any atom is -0.412 e. The molecular formula is C5H12N2O10P2. The van der Waals surface area contributed by atoms with Crippen LogP contribution in [0.1, 0.15) is 0 Å². The normalized spacial score (nSPS) is 13.1. The summed E-state index contributed by atoms with van der Waals surface area (Å²) in [7, 11) is -10.5. The third kappa shape index (κ3) is 7.50. The van der Waals surface area contributed by atoms with Gasteiger partial charge in [-0.3, -0.25) is 0 Å². The maximum atomic E-state index is 10.6. The lowest BCUT2D eigenvalue weighted by Gasteiger charge is -2.27. The van der Waals surface area contributed by atoms with Gasteiger partial charge in [-0.15, -0.1) is 0 Å². The maximum absolute atomic E-state index is 10.6. The van der Waals surface area contributed by atoms with Gasteiger partial charge in [0.2, 0.25) is 0 Å². The van der Waals surface area contributed by atoms with Gasteiger partial charge in [-0.25, -0.2) is 23.2 Å². The van der Waals surface area contributed by atoms with Crippen LogP contribution in [0.3, 0.4) is 0 Å². The topological polar surface area (TPSA) is 203 Å². The van der Waals surface area contributed by atoms with Crippen molar-refractivity contribution < 1.29 is 48.3 Å². The molecule has 1 rings (SSSR count). The Hall–Kier alpha value is -0.650. The average Bonchev–Trinajstić information content (AvgIpc) is 2.46. The smallest absolute Gasteiger partial charge is 0.412 e. The Balaban J connectivity index is 0.00000324. The van der Waals surface area contributed by atoms with E-state index in [4.69, 9.17) is 19.6 Å². The summed E-state index contributed by atoms with van der Waals surface area (Å²) in [6.07, 6.45) is 3.61. The predicted octanol–water partition coefficient (Wildman–Crippen LogP) is -2.08. The molecule has 0 aromatic carbocycles. The van der Waals surface area contributed by atoms with E-state index in [0.717, 1.165) is 10.9 Å². The molecule has 0 aliphatic carbocycles. The first-order chi connectivity index (χ1) is 7.99. The van der Waals surface area contributed by atoms with Gasteiger partial charge in [0.05, 0.1) is 6.33 Å². The summed E-state index contributed by atoms with van der Waals surface area (Å²) in [5.41, 5.74) is 0. The van der Waals surface area contributed by atoms with Crippen molar-refractivity contribution in [1.82, 2.24) is 9.55 Å². The first-order valence-corrected chi connectivity index (χ1v) is 7.26. The molecule has 112 valence electrons. The highest BCUT2D eigenvalue weighted by atomic mass is 31.2. The van der Waals surface area contributed by atoms with Gasteiger partial charge in [-0.1, -0.05) is 0 Å². The van der Waals surface area contributed by atoms with Crippen molar-refractivity contribution in [2.24, 2.45) is 0 Å². The summed E-state index contributed by atoms with van der Waals surface area (Å²) in [6.45, 7) is -0.816. The molecule has 0 saturated heterocycles. The van der Waals surface area contributed by atoms with Gasteiger partial charge in [-0.05, 0) is 0 Å². The lowest BCUT2D eigenvalue weighted by Crippen LogP contribution is -2.38. The number of nitrogens with zero attached hydrogens (tertiary/aromatic N) is 2. The van der Waals surface area contributed by atoms with E-state index in [1.807, 2.05) is 0 Å². The van der Waals surface area contributed by atoms with Gasteiger partial charge >= 0.3 is 21.6 Å². The van der Waals surface area contributed by atoms with E-state index < -0.39 is 28.2 Å². The van der Waals surface area contributed by atoms with Gasteiger partial charge < -0.3 is 34.7 Å². The summed E-state index contributed by atoms with van der Waals surface area (Å²) in [5, 5.41) is 9.58. The molecule has 0 unspecified atom stereocenters.